The summed E-state index contributed by atoms with van der Waals surface area (Å²) in [5, 5.41) is 8.78. The van der Waals surface area contributed by atoms with Crippen LogP contribution >= 0.6 is 0 Å². The first kappa shape index (κ1) is 13.9. The second-order valence-corrected chi connectivity index (χ2v) is 4.40. The van der Waals surface area contributed by atoms with E-state index in [9.17, 15) is 0 Å². The van der Waals surface area contributed by atoms with Gasteiger partial charge in [0.1, 0.15) is 17.2 Å². The van der Waals surface area contributed by atoms with Crippen molar-refractivity contribution in [3.8, 4) is 23.3 Å². The summed E-state index contributed by atoms with van der Waals surface area (Å²) in [6.45, 7) is 1.88. The van der Waals surface area contributed by atoms with Crippen molar-refractivity contribution in [3.63, 3.8) is 0 Å². The zero-order valence-electron chi connectivity index (χ0n) is 11.5. The molecule has 0 saturated heterocycles. The number of hydrogen-bond acceptors (Lipinski definition) is 4. The molecule has 0 unspecified atom stereocenters. The number of nitrogens with two attached hydrogens (primary N) is 1. The minimum atomic E-state index is -0.209. The Morgan fingerprint density at radius 2 is 1.75 bits per heavy atom. The van der Waals surface area contributed by atoms with Gasteiger partial charge in [-0.1, -0.05) is 6.07 Å². The Morgan fingerprint density at radius 3 is 2.30 bits per heavy atom. The van der Waals surface area contributed by atoms with E-state index in [0.29, 0.717) is 22.8 Å². The summed E-state index contributed by atoms with van der Waals surface area (Å²) in [6.07, 6.45) is 0. The fourth-order valence-electron chi connectivity index (χ4n) is 1.96. The van der Waals surface area contributed by atoms with Crippen LogP contribution in [0.3, 0.4) is 0 Å². The summed E-state index contributed by atoms with van der Waals surface area (Å²) in [5.74, 6) is 2.01. The van der Waals surface area contributed by atoms with Crippen LogP contribution in [0, 0.1) is 11.3 Å². The zero-order valence-corrected chi connectivity index (χ0v) is 11.5. The van der Waals surface area contributed by atoms with Gasteiger partial charge in [0.2, 0.25) is 0 Å². The molecule has 2 rings (SSSR count). The maximum absolute atomic E-state index is 8.78. The molecule has 2 aromatic carbocycles. The van der Waals surface area contributed by atoms with E-state index < -0.39 is 0 Å². The van der Waals surface area contributed by atoms with Crippen molar-refractivity contribution < 1.29 is 9.47 Å². The second kappa shape index (κ2) is 6.09. The Balaban J connectivity index is 2.35. The lowest BCUT2D eigenvalue weighted by atomic mass is 10.1. The van der Waals surface area contributed by atoms with E-state index in [1.165, 1.54) is 0 Å². The van der Waals surface area contributed by atoms with Gasteiger partial charge < -0.3 is 15.2 Å². The molecule has 0 aliphatic heterocycles. The largest absolute Gasteiger partial charge is 0.496 e. The Labute approximate surface area is 118 Å². The summed E-state index contributed by atoms with van der Waals surface area (Å²) in [7, 11) is 1.60. The third-order valence-corrected chi connectivity index (χ3v) is 2.91. The molecule has 1 atom stereocenters. The molecule has 0 spiro atoms. The lowest BCUT2D eigenvalue weighted by Gasteiger charge is -2.17. The van der Waals surface area contributed by atoms with Gasteiger partial charge in [-0.25, -0.2) is 0 Å². The summed E-state index contributed by atoms with van der Waals surface area (Å²) in [4.78, 5) is 0. The van der Waals surface area contributed by atoms with Crippen molar-refractivity contribution in [1.29, 1.82) is 5.26 Å². The van der Waals surface area contributed by atoms with Gasteiger partial charge >= 0.3 is 0 Å². The van der Waals surface area contributed by atoms with Gasteiger partial charge in [0.15, 0.2) is 0 Å². The third kappa shape index (κ3) is 2.90. The highest BCUT2D eigenvalue weighted by Gasteiger charge is 2.14. The van der Waals surface area contributed by atoms with Crippen molar-refractivity contribution in [2.24, 2.45) is 5.73 Å². The van der Waals surface area contributed by atoms with Crippen LogP contribution in [0.1, 0.15) is 24.1 Å². The first-order valence-electron chi connectivity index (χ1n) is 6.26. The van der Waals surface area contributed by atoms with Crippen molar-refractivity contribution in [2.75, 3.05) is 7.11 Å². The van der Waals surface area contributed by atoms with E-state index in [0.717, 1.165) is 5.56 Å². The molecule has 0 aliphatic carbocycles. The molecular weight excluding hydrogens is 252 g/mol. The highest BCUT2D eigenvalue weighted by atomic mass is 16.5. The number of nitrogens with zero attached hydrogens (tertiary/aromatic N) is 1. The van der Waals surface area contributed by atoms with E-state index in [1.54, 1.807) is 31.4 Å². The Kier molecular flexibility index (Phi) is 4.24. The molecule has 4 nitrogen and oxygen atoms in total. The molecule has 2 aromatic rings. The Bertz CT molecular complexity index is 628. The predicted molar refractivity (Wildman–Crippen MR) is 76.8 cm³/mol. The van der Waals surface area contributed by atoms with Crippen molar-refractivity contribution >= 4 is 0 Å². The number of benzene rings is 2. The lowest BCUT2D eigenvalue weighted by Crippen LogP contribution is -2.08. The van der Waals surface area contributed by atoms with E-state index >= 15 is 0 Å². The van der Waals surface area contributed by atoms with Gasteiger partial charge in [0.25, 0.3) is 0 Å². The van der Waals surface area contributed by atoms with Crippen molar-refractivity contribution in [1.82, 2.24) is 0 Å². The maximum atomic E-state index is 8.78. The number of hydrogen-bond donors (Lipinski definition) is 1. The Morgan fingerprint density at radius 1 is 1.10 bits per heavy atom. The highest BCUT2D eigenvalue weighted by molar-refractivity contribution is 5.48. The number of methoxy groups -OCH3 is 1. The lowest BCUT2D eigenvalue weighted by molar-refractivity contribution is 0.397. The van der Waals surface area contributed by atoms with E-state index in [-0.39, 0.29) is 6.04 Å². The molecule has 0 bridgehead atoms. The molecular formula is C16H16N2O2. The van der Waals surface area contributed by atoms with Crippen LogP contribution in [0.5, 0.6) is 17.2 Å². The molecule has 0 aromatic heterocycles. The minimum absolute atomic E-state index is 0.209. The van der Waals surface area contributed by atoms with E-state index in [4.69, 9.17) is 20.5 Å². The molecule has 0 aliphatic rings. The normalized spacial score (nSPS) is 11.5. The van der Waals surface area contributed by atoms with Crippen LogP contribution in [0.15, 0.2) is 42.5 Å². The first-order valence-corrected chi connectivity index (χ1v) is 6.26. The fourth-order valence-corrected chi connectivity index (χ4v) is 1.96. The summed E-state index contributed by atoms with van der Waals surface area (Å²) in [5.41, 5.74) is 7.40. The van der Waals surface area contributed by atoms with Gasteiger partial charge in [-0.15, -0.1) is 0 Å². The molecule has 0 heterocycles. The SMILES string of the molecule is COc1cccc(Oc2ccc(C#N)cc2)c1[C@H](C)N. The van der Waals surface area contributed by atoms with E-state index in [2.05, 4.69) is 6.07 Å². The smallest absolute Gasteiger partial charge is 0.135 e. The fraction of sp³-hybridized carbons (Fsp3) is 0.188. The monoisotopic (exact) mass is 268 g/mol. The zero-order chi connectivity index (χ0) is 14.5. The van der Waals surface area contributed by atoms with Gasteiger partial charge in [0.05, 0.1) is 24.3 Å². The number of rotatable bonds is 4. The number of ether oxygens (including phenoxy) is 2. The Hall–Kier alpha value is -2.51. The quantitative estimate of drug-likeness (QED) is 0.923. The van der Waals surface area contributed by atoms with Gasteiger partial charge in [0, 0.05) is 6.04 Å². The summed E-state index contributed by atoms with van der Waals surface area (Å²) < 4.78 is 11.2. The highest BCUT2D eigenvalue weighted by Crippen LogP contribution is 2.35. The van der Waals surface area contributed by atoms with Crippen LogP contribution < -0.4 is 15.2 Å². The molecule has 0 amide bonds. The maximum Gasteiger partial charge on any atom is 0.135 e. The standard InChI is InChI=1S/C16H16N2O2/c1-11(18)16-14(19-2)4-3-5-15(16)20-13-8-6-12(10-17)7-9-13/h3-9,11H,18H2,1-2H3/t11-/m0/s1. The van der Waals surface area contributed by atoms with Crippen molar-refractivity contribution in [3.05, 3.63) is 53.6 Å². The molecule has 0 radical (unpaired) electrons. The number of nitriles is 1. The van der Waals surface area contributed by atoms with Crippen molar-refractivity contribution in [2.45, 2.75) is 13.0 Å². The van der Waals surface area contributed by atoms with Crippen LogP contribution in [0.25, 0.3) is 0 Å². The van der Waals surface area contributed by atoms with E-state index in [1.807, 2.05) is 25.1 Å². The van der Waals surface area contributed by atoms with Crippen LogP contribution in [0.4, 0.5) is 0 Å². The van der Waals surface area contributed by atoms with Gasteiger partial charge in [-0.2, -0.15) is 5.26 Å². The average molecular weight is 268 g/mol. The van der Waals surface area contributed by atoms with Crippen LogP contribution in [0.2, 0.25) is 0 Å². The molecule has 102 valence electrons. The topological polar surface area (TPSA) is 68.3 Å². The predicted octanol–water partition coefficient (Wildman–Crippen LogP) is 3.38. The molecule has 20 heavy (non-hydrogen) atoms. The minimum Gasteiger partial charge on any atom is -0.496 e. The first-order chi connectivity index (χ1) is 9.65. The van der Waals surface area contributed by atoms with Crippen LogP contribution in [-0.2, 0) is 0 Å². The molecule has 0 saturated carbocycles. The average Bonchev–Trinajstić information content (AvgIpc) is 2.47. The third-order valence-electron chi connectivity index (χ3n) is 2.91. The summed E-state index contributed by atoms with van der Waals surface area (Å²) >= 11 is 0. The second-order valence-electron chi connectivity index (χ2n) is 4.40. The van der Waals surface area contributed by atoms with Gasteiger partial charge in [-0.3, -0.25) is 0 Å². The summed E-state index contributed by atoms with van der Waals surface area (Å²) in [6, 6.07) is 14.3. The molecule has 4 heteroatoms. The molecule has 0 fully saturated rings. The van der Waals surface area contributed by atoms with Crippen LogP contribution in [-0.4, -0.2) is 7.11 Å². The molecule has 2 N–H and O–H groups in total. The van der Waals surface area contributed by atoms with Gasteiger partial charge in [-0.05, 0) is 43.3 Å².